The van der Waals surface area contributed by atoms with Crippen molar-refractivity contribution < 1.29 is 4.42 Å². The van der Waals surface area contributed by atoms with Crippen molar-refractivity contribution in [1.82, 2.24) is 0 Å². The minimum absolute atomic E-state index is 0.0521. The Morgan fingerprint density at radius 1 is 1.80 bits per heavy atom. The summed E-state index contributed by atoms with van der Waals surface area (Å²) in [6.45, 7) is 2.02. The maximum Gasteiger partial charge on any atom is 0.193 e. The van der Waals surface area contributed by atoms with Gasteiger partial charge in [-0.25, -0.2) is 0 Å². The van der Waals surface area contributed by atoms with Crippen LogP contribution in [0.2, 0.25) is 5.22 Å². The average Bonchev–Trinajstić information content (AvgIpc) is 2.34. The van der Waals surface area contributed by atoms with Crippen LogP contribution in [0.25, 0.3) is 0 Å². The van der Waals surface area contributed by atoms with E-state index in [1.165, 1.54) is 0 Å². The first-order valence-electron chi connectivity index (χ1n) is 3.23. The van der Waals surface area contributed by atoms with Crippen LogP contribution in [0.3, 0.4) is 0 Å². The molecule has 0 aromatic carbocycles. The smallest absolute Gasteiger partial charge is 0.193 e. The fourth-order valence-electron chi connectivity index (χ4n) is 0.754. The number of nitrogens with two attached hydrogens (primary N) is 1. The zero-order valence-corrected chi connectivity index (χ0v) is 6.56. The Balaban J connectivity index is 2.74. The summed E-state index contributed by atoms with van der Waals surface area (Å²) in [5.41, 5.74) is 6.65. The second kappa shape index (κ2) is 3.08. The van der Waals surface area contributed by atoms with Gasteiger partial charge in [0.1, 0.15) is 0 Å². The summed E-state index contributed by atoms with van der Waals surface area (Å²) < 4.78 is 4.87. The third-order valence-corrected chi connectivity index (χ3v) is 1.65. The largest absolute Gasteiger partial charge is 0.453 e. The lowest BCUT2D eigenvalue weighted by Crippen LogP contribution is -2.06. The average molecular weight is 160 g/mol. The van der Waals surface area contributed by atoms with E-state index in [0.717, 1.165) is 12.0 Å². The van der Waals surface area contributed by atoms with Crippen molar-refractivity contribution >= 4 is 11.6 Å². The normalized spacial score (nSPS) is 13.5. The standard InChI is InChI=1S/C7H10ClNO/c1-2-6(9)5-3-7(8)10-4-5/h3-4,6H,2,9H2,1H3. The molecular formula is C7H10ClNO. The summed E-state index contributed by atoms with van der Waals surface area (Å²) in [7, 11) is 0. The summed E-state index contributed by atoms with van der Waals surface area (Å²) in [6, 6.07) is 1.80. The molecule has 10 heavy (non-hydrogen) atoms. The summed E-state index contributed by atoms with van der Waals surface area (Å²) in [5.74, 6) is 0. The Morgan fingerprint density at radius 2 is 2.50 bits per heavy atom. The molecule has 1 unspecified atom stereocenters. The molecule has 1 heterocycles. The Morgan fingerprint density at radius 3 is 2.90 bits per heavy atom. The van der Waals surface area contributed by atoms with Crippen molar-refractivity contribution in [2.24, 2.45) is 5.73 Å². The second-order valence-electron chi connectivity index (χ2n) is 2.20. The van der Waals surface area contributed by atoms with E-state index in [0.29, 0.717) is 5.22 Å². The lowest BCUT2D eigenvalue weighted by Gasteiger charge is -2.02. The van der Waals surface area contributed by atoms with Gasteiger partial charge in [-0.2, -0.15) is 0 Å². The molecule has 0 saturated heterocycles. The van der Waals surface area contributed by atoms with Gasteiger partial charge in [0, 0.05) is 17.7 Å². The van der Waals surface area contributed by atoms with E-state index in [-0.39, 0.29) is 6.04 Å². The summed E-state index contributed by atoms with van der Waals surface area (Å²) >= 11 is 5.54. The van der Waals surface area contributed by atoms with Gasteiger partial charge in [-0.1, -0.05) is 6.92 Å². The lowest BCUT2D eigenvalue weighted by atomic mass is 10.1. The zero-order valence-electron chi connectivity index (χ0n) is 5.80. The number of halogens is 1. The van der Waals surface area contributed by atoms with E-state index in [4.69, 9.17) is 21.8 Å². The van der Waals surface area contributed by atoms with Gasteiger partial charge in [0.15, 0.2) is 5.22 Å². The molecule has 2 N–H and O–H groups in total. The predicted molar refractivity (Wildman–Crippen MR) is 40.9 cm³/mol. The van der Waals surface area contributed by atoms with Gasteiger partial charge < -0.3 is 10.2 Å². The molecule has 0 aliphatic heterocycles. The minimum Gasteiger partial charge on any atom is -0.453 e. The van der Waals surface area contributed by atoms with Crippen LogP contribution in [0.4, 0.5) is 0 Å². The number of furan rings is 1. The third kappa shape index (κ3) is 1.52. The minimum atomic E-state index is 0.0521. The predicted octanol–water partition coefficient (Wildman–Crippen LogP) is 2.34. The van der Waals surface area contributed by atoms with E-state index < -0.39 is 0 Å². The lowest BCUT2D eigenvalue weighted by molar-refractivity contribution is 0.559. The molecule has 0 aliphatic carbocycles. The Kier molecular flexibility index (Phi) is 2.35. The van der Waals surface area contributed by atoms with Crippen LogP contribution in [0.15, 0.2) is 16.7 Å². The first kappa shape index (κ1) is 7.63. The molecule has 3 heteroatoms. The molecule has 1 aromatic heterocycles. The molecule has 0 bridgehead atoms. The van der Waals surface area contributed by atoms with Gasteiger partial charge in [0.25, 0.3) is 0 Å². The molecule has 56 valence electrons. The highest BCUT2D eigenvalue weighted by molar-refractivity contribution is 6.28. The quantitative estimate of drug-likeness (QED) is 0.720. The van der Waals surface area contributed by atoms with Crippen LogP contribution >= 0.6 is 11.6 Å². The summed E-state index contributed by atoms with van der Waals surface area (Å²) in [5, 5.41) is 0.402. The van der Waals surface area contributed by atoms with Crippen LogP contribution in [-0.4, -0.2) is 0 Å². The third-order valence-electron chi connectivity index (χ3n) is 1.46. The number of hydrogen-bond acceptors (Lipinski definition) is 2. The summed E-state index contributed by atoms with van der Waals surface area (Å²) in [4.78, 5) is 0. The van der Waals surface area contributed by atoms with Crippen molar-refractivity contribution in [3.63, 3.8) is 0 Å². The molecule has 0 fully saturated rings. The van der Waals surface area contributed by atoms with Gasteiger partial charge in [0.2, 0.25) is 0 Å². The second-order valence-corrected chi connectivity index (χ2v) is 2.57. The first-order chi connectivity index (χ1) is 4.74. The maximum atomic E-state index is 5.69. The van der Waals surface area contributed by atoms with Crippen molar-refractivity contribution in [2.75, 3.05) is 0 Å². The highest BCUT2D eigenvalue weighted by atomic mass is 35.5. The molecule has 0 radical (unpaired) electrons. The highest BCUT2D eigenvalue weighted by Crippen LogP contribution is 2.19. The monoisotopic (exact) mass is 159 g/mol. The van der Waals surface area contributed by atoms with E-state index in [9.17, 15) is 0 Å². The Bertz CT molecular complexity index is 209. The van der Waals surface area contributed by atoms with Crippen LogP contribution in [0.5, 0.6) is 0 Å². The van der Waals surface area contributed by atoms with Crippen LogP contribution < -0.4 is 5.73 Å². The van der Waals surface area contributed by atoms with E-state index >= 15 is 0 Å². The molecule has 0 aliphatic rings. The van der Waals surface area contributed by atoms with Gasteiger partial charge in [-0.05, 0) is 18.0 Å². The molecule has 2 nitrogen and oxygen atoms in total. The van der Waals surface area contributed by atoms with Gasteiger partial charge in [-0.15, -0.1) is 0 Å². The molecule has 0 amide bonds. The molecule has 1 atom stereocenters. The van der Waals surface area contributed by atoms with Crippen molar-refractivity contribution in [1.29, 1.82) is 0 Å². The Labute approximate surface area is 65.0 Å². The van der Waals surface area contributed by atoms with Crippen molar-refractivity contribution in [2.45, 2.75) is 19.4 Å². The van der Waals surface area contributed by atoms with Crippen molar-refractivity contribution in [3.05, 3.63) is 23.1 Å². The van der Waals surface area contributed by atoms with Gasteiger partial charge in [0.05, 0.1) is 6.26 Å². The van der Waals surface area contributed by atoms with E-state index in [1.54, 1.807) is 12.3 Å². The number of hydrogen-bond donors (Lipinski definition) is 1. The molecular weight excluding hydrogens is 150 g/mol. The van der Waals surface area contributed by atoms with E-state index in [2.05, 4.69) is 0 Å². The van der Waals surface area contributed by atoms with Crippen LogP contribution in [-0.2, 0) is 0 Å². The van der Waals surface area contributed by atoms with Gasteiger partial charge >= 0.3 is 0 Å². The zero-order chi connectivity index (χ0) is 7.56. The van der Waals surface area contributed by atoms with Crippen LogP contribution in [0, 0.1) is 0 Å². The SMILES string of the molecule is CCC(N)c1coc(Cl)c1. The van der Waals surface area contributed by atoms with Gasteiger partial charge in [-0.3, -0.25) is 0 Å². The Hall–Kier alpha value is -0.470. The number of rotatable bonds is 2. The van der Waals surface area contributed by atoms with Crippen molar-refractivity contribution in [3.8, 4) is 0 Å². The molecule has 1 aromatic rings. The topological polar surface area (TPSA) is 39.2 Å². The van der Waals surface area contributed by atoms with Crippen LogP contribution in [0.1, 0.15) is 24.9 Å². The first-order valence-corrected chi connectivity index (χ1v) is 3.61. The molecule has 1 rings (SSSR count). The maximum absolute atomic E-state index is 5.69. The van der Waals surface area contributed by atoms with E-state index in [1.807, 2.05) is 6.92 Å². The summed E-state index contributed by atoms with van der Waals surface area (Å²) in [6.07, 6.45) is 2.49. The molecule has 0 spiro atoms. The fraction of sp³-hybridized carbons (Fsp3) is 0.429. The fourth-order valence-corrected chi connectivity index (χ4v) is 0.924. The molecule has 0 saturated carbocycles. The highest BCUT2D eigenvalue weighted by Gasteiger charge is 2.05.